The van der Waals surface area contributed by atoms with E-state index in [9.17, 15) is 59.6 Å². The van der Waals surface area contributed by atoms with Crippen molar-refractivity contribution in [1.82, 2.24) is 9.55 Å². The molecule has 3 aromatic carbocycles. The molecule has 0 spiro atoms. The fourth-order valence-corrected chi connectivity index (χ4v) is 7.62. The third kappa shape index (κ3) is 9.20. The maximum absolute atomic E-state index is 13.6. The Labute approximate surface area is 362 Å². The Hall–Kier alpha value is -7.02. The number of aromatic nitrogens is 2. The standard InChI is InChI=1S/C27H29NO11.C14H15N5O6/c1-10-22(31)13(28)6-17(38-10)39-15-8-27(36,16(30)9-29)7-12-19(15)26(35)21-20(24(12)33)23(32)11-4-3-5-14(37-2)18(11)25(21)34;1-18-11(6-16-13(18)19(22)23)8-25-14(21)17-10-4-2-9(3-5-10)7-24-12(15)20/h3-5,10,13,15,17,22,29,31,33,35-36H,6-9,28H2,1-2H3;2-6H,7-8H2,1H3,(H2,15,20)(H,17,21)/t10-,13-,15-,17-,22+,27-;/m0./s1. The molecule has 23 nitrogen and oxygen atoms in total. The highest BCUT2D eigenvalue weighted by Gasteiger charge is 2.50. The fourth-order valence-electron chi connectivity index (χ4n) is 7.62. The van der Waals surface area contributed by atoms with Crippen LogP contribution in [0.4, 0.5) is 21.2 Å². The molecule has 64 heavy (non-hydrogen) atoms. The van der Waals surface area contributed by atoms with Crippen molar-refractivity contribution in [2.45, 2.75) is 75.6 Å². The Bertz CT molecular complexity index is 2500. The first-order valence-electron chi connectivity index (χ1n) is 19.4. The third-order valence-electron chi connectivity index (χ3n) is 11.0. The van der Waals surface area contributed by atoms with E-state index in [0.29, 0.717) is 16.9 Å². The summed E-state index contributed by atoms with van der Waals surface area (Å²) in [5.41, 5.74) is 8.77. The number of anilines is 1. The summed E-state index contributed by atoms with van der Waals surface area (Å²) in [6.45, 7) is 0.414. The second kappa shape index (κ2) is 18.8. The summed E-state index contributed by atoms with van der Waals surface area (Å²) >= 11 is 0. The highest BCUT2D eigenvalue weighted by Crippen LogP contribution is 2.52. The van der Waals surface area contributed by atoms with Crippen LogP contribution in [-0.2, 0) is 50.4 Å². The quantitative estimate of drug-likeness (QED) is 0.0531. The molecular weight excluding hydrogens is 848 g/mol. The number of aliphatic hydroxyl groups is 3. The minimum absolute atomic E-state index is 0.0173. The summed E-state index contributed by atoms with van der Waals surface area (Å²) in [6, 6.07) is 10.1. The summed E-state index contributed by atoms with van der Waals surface area (Å²) in [5.74, 6) is -4.11. The second-order valence-corrected chi connectivity index (χ2v) is 15.0. The number of amides is 2. The first-order chi connectivity index (χ1) is 30.3. The van der Waals surface area contributed by atoms with Crippen LogP contribution in [0, 0.1) is 10.1 Å². The van der Waals surface area contributed by atoms with Crippen molar-refractivity contribution in [2.24, 2.45) is 18.5 Å². The van der Waals surface area contributed by atoms with Crippen LogP contribution in [-0.4, -0.2) is 113 Å². The van der Waals surface area contributed by atoms with Crippen molar-refractivity contribution < 1.29 is 78.1 Å². The highest BCUT2D eigenvalue weighted by atomic mass is 16.7. The van der Waals surface area contributed by atoms with E-state index in [0.717, 1.165) is 0 Å². The molecule has 2 heterocycles. The van der Waals surface area contributed by atoms with Gasteiger partial charge in [-0.05, 0) is 35.6 Å². The largest absolute Gasteiger partial charge is 0.507 e. The minimum atomic E-state index is -2.24. The molecule has 4 aromatic rings. The smallest absolute Gasteiger partial charge is 0.434 e. The van der Waals surface area contributed by atoms with Gasteiger partial charge in [-0.1, -0.05) is 29.2 Å². The molecular formula is C41H44N6O17. The molecule has 1 aliphatic heterocycles. The van der Waals surface area contributed by atoms with Crippen LogP contribution in [0.3, 0.4) is 0 Å². The summed E-state index contributed by atoms with van der Waals surface area (Å²) in [5, 5.41) is 66.9. The van der Waals surface area contributed by atoms with Gasteiger partial charge >= 0.3 is 18.1 Å². The van der Waals surface area contributed by atoms with E-state index < -0.39 is 113 Å². The van der Waals surface area contributed by atoms with Crippen LogP contribution in [0.2, 0.25) is 0 Å². The molecule has 2 amide bonds. The van der Waals surface area contributed by atoms with Gasteiger partial charge in [-0.15, -0.1) is 0 Å². The Morgan fingerprint density at radius 2 is 1.73 bits per heavy atom. The zero-order valence-electron chi connectivity index (χ0n) is 34.4. The van der Waals surface area contributed by atoms with Gasteiger partial charge in [-0.2, -0.15) is 0 Å². The molecule has 1 aromatic heterocycles. The molecule has 0 unspecified atom stereocenters. The summed E-state index contributed by atoms with van der Waals surface area (Å²) in [6.07, 6.45) is -5.47. The number of methoxy groups -OCH3 is 1. The van der Waals surface area contributed by atoms with Gasteiger partial charge < -0.3 is 70.8 Å². The van der Waals surface area contributed by atoms with Gasteiger partial charge in [-0.3, -0.25) is 19.7 Å². The number of nitro groups is 1. The topological polar surface area (TPSA) is 358 Å². The van der Waals surface area contributed by atoms with Crippen molar-refractivity contribution in [3.05, 3.63) is 103 Å². The zero-order chi connectivity index (χ0) is 46.8. The number of rotatable bonds is 11. The van der Waals surface area contributed by atoms with Gasteiger partial charge in [0.05, 0.1) is 49.2 Å². The second-order valence-electron chi connectivity index (χ2n) is 15.0. The number of carbonyl (C=O) groups excluding carboxylic acids is 5. The van der Waals surface area contributed by atoms with Gasteiger partial charge in [0, 0.05) is 47.7 Å². The van der Waals surface area contributed by atoms with E-state index in [1.807, 2.05) is 0 Å². The monoisotopic (exact) mass is 892 g/mol. The van der Waals surface area contributed by atoms with E-state index in [1.54, 1.807) is 31.2 Å². The molecule has 23 heteroatoms. The molecule has 6 atom stereocenters. The zero-order valence-corrected chi connectivity index (χ0v) is 34.4. The van der Waals surface area contributed by atoms with Gasteiger partial charge in [0.25, 0.3) is 0 Å². The Morgan fingerprint density at radius 1 is 1.05 bits per heavy atom. The van der Waals surface area contributed by atoms with Crippen LogP contribution in [0.15, 0.2) is 48.7 Å². The van der Waals surface area contributed by atoms with Gasteiger partial charge in [0.1, 0.15) is 42.3 Å². The molecule has 0 bridgehead atoms. The number of aliphatic hydroxyl groups excluding tert-OH is 2. The van der Waals surface area contributed by atoms with E-state index in [1.165, 1.54) is 43.1 Å². The first-order valence-corrected chi connectivity index (χ1v) is 19.4. The predicted molar refractivity (Wildman–Crippen MR) is 216 cm³/mol. The van der Waals surface area contributed by atoms with Gasteiger partial charge in [0.15, 0.2) is 30.2 Å². The minimum Gasteiger partial charge on any atom is -0.507 e. The molecule has 1 fully saturated rings. The van der Waals surface area contributed by atoms with Gasteiger partial charge in [0.2, 0.25) is 5.78 Å². The lowest BCUT2D eigenvalue weighted by atomic mass is 9.72. The number of fused-ring (bicyclic) bond motifs is 3. The molecule has 0 saturated carbocycles. The van der Waals surface area contributed by atoms with Crippen molar-refractivity contribution in [2.75, 3.05) is 19.0 Å². The number of carbonyl (C=O) groups is 5. The molecule has 3 aliphatic rings. The number of hydrogen-bond acceptors (Lipinski definition) is 19. The van der Waals surface area contributed by atoms with E-state index in [-0.39, 0.29) is 53.6 Å². The number of hydrogen-bond donors (Lipinski definition) is 8. The van der Waals surface area contributed by atoms with Crippen LogP contribution < -0.4 is 21.5 Å². The number of imidazole rings is 1. The van der Waals surface area contributed by atoms with Crippen LogP contribution in [0.25, 0.3) is 0 Å². The fraction of sp³-hybridized carbons (Fsp3) is 0.366. The van der Waals surface area contributed by atoms with E-state index >= 15 is 0 Å². The number of primary amides is 1. The van der Waals surface area contributed by atoms with Crippen LogP contribution >= 0.6 is 0 Å². The number of phenolic OH excluding ortho intramolecular Hbond substituents is 2. The number of aromatic hydroxyl groups is 2. The maximum atomic E-state index is 13.6. The van der Waals surface area contributed by atoms with Crippen LogP contribution in [0.5, 0.6) is 17.2 Å². The maximum Gasteiger partial charge on any atom is 0.434 e. The van der Waals surface area contributed by atoms with Crippen molar-refractivity contribution >= 4 is 41.2 Å². The number of Topliss-reactive ketones (excluding diaryl/α,β-unsaturated/α-hetero) is 1. The molecule has 1 saturated heterocycles. The molecule has 10 N–H and O–H groups in total. The first kappa shape index (κ1) is 46.5. The van der Waals surface area contributed by atoms with Crippen molar-refractivity contribution in [3.63, 3.8) is 0 Å². The Morgan fingerprint density at radius 3 is 2.34 bits per heavy atom. The summed E-state index contributed by atoms with van der Waals surface area (Å²) < 4.78 is 27.8. The number of ether oxygens (including phenoxy) is 5. The van der Waals surface area contributed by atoms with E-state index in [4.69, 9.17) is 30.4 Å². The average Bonchev–Trinajstić information content (AvgIpc) is 3.64. The van der Waals surface area contributed by atoms with Crippen molar-refractivity contribution in [3.8, 4) is 17.2 Å². The van der Waals surface area contributed by atoms with E-state index in [2.05, 4.69) is 15.0 Å². The summed E-state index contributed by atoms with van der Waals surface area (Å²) in [4.78, 5) is 75.7. The highest BCUT2D eigenvalue weighted by molar-refractivity contribution is 6.31. The predicted octanol–water partition coefficient (Wildman–Crippen LogP) is 1.67. The molecule has 0 radical (unpaired) electrons. The molecule has 2 aliphatic carbocycles. The van der Waals surface area contributed by atoms with Crippen molar-refractivity contribution in [1.29, 1.82) is 0 Å². The third-order valence-corrected chi connectivity index (χ3v) is 11.0. The lowest BCUT2D eigenvalue weighted by molar-refractivity contribution is -0.396. The Balaban J connectivity index is 0.000000235. The lowest BCUT2D eigenvalue weighted by Gasteiger charge is -2.42. The number of nitrogens with zero attached hydrogens (tertiary/aromatic N) is 3. The Kier molecular flexibility index (Phi) is 13.6. The number of ketones is 3. The lowest BCUT2D eigenvalue weighted by Crippen LogP contribution is -2.53. The number of nitrogens with two attached hydrogens (primary N) is 2. The number of nitrogens with one attached hydrogen (secondary N) is 1. The average molecular weight is 893 g/mol. The SMILES string of the molecule is COc1cccc2c1C(=O)c1c(O)c3c(c(O)c1C2=O)C[C@@](O)(C(=O)CO)C[C@@H]3O[C@H]1C[C@H](N)[C@H](O)[C@H](C)O1.Cn1c(COC(=O)Nc2ccc(COC(N)=O)cc2)cnc1[N+](=O)[O-]. The normalized spacial score (nSPS) is 22.1. The van der Waals surface area contributed by atoms with Gasteiger partial charge in [-0.25, -0.2) is 14.2 Å². The molecule has 340 valence electrons. The number of phenols is 2. The summed E-state index contributed by atoms with van der Waals surface area (Å²) in [7, 11) is 2.78. The molecule has 7 rings (SSSR count). The van der Waals surface area contributed by atoms with Crippen LogP contribution in [0.1, 0.15) is 80.1 Å². The number of benzene rings is 3.